The number of hydrogen-bond acceptors (Lipinski definition) is 5. The van der Waals surface area contributed by atoms with E-state index in [9.17, 15) is 9.59 Å². The van der Waals surface area contributed by atoms with Crippen molar-refractivity contribution in [3.05, 3.63) is 52.2 Å². The molecule has 1 amide bonds. The highest BCUT2D eigenvalue weighted by atomic mass is 16.2. The molecular weight excluding hydrogens is 378 g/mol. The Morgan fingerprint density at radius 2 is 2.10 bits per heavy atom. The maximum absolute atomic E-state index is 12.5. The first-order valence-electron chi connectivity index (χ1n) is 10.8. The van der Waals surface area contributed by atoms with Crippen molar-refractivity contribution >= 4 is 11.6 Å². The number of rotatable bonds is 6. The monoisotopic (exact) mass is 409 g/mol. The Morgan fingerprint density at radius 1 is 1.30 bits per heavy atom. The fraction of sp³-hybridized carbons (Fsp3) is 0.565. The average molecular weight is 410 g/mol. The van der Waals surface area contributed by atoms with Crippen LogP contribution in [0.2, 0.25) is 0 Å². The number of carbonyl (C=O) groups is 1. The van der Waals surface area contributed by atoms with E-state index in [1.165, 1.54) is 11.1 Å². The van der Waals surface area contributed by atoms with Crippen LogP contribution in [0.15, 0.2) is 35.5 Å². The summed E-state index contributed by atoms with van der Waals surface area (Å²) in [5, 5.41) is 10.6. The zero-order chi connectivity index (χ0) is 21.5. The van der Waals surface area contributed by atoms with E-state index >= 15 is 0 Å². The van der Waals surface area contributed by atoms with Crippen LogP contribution in [0.25, 0.3) is 0 Å². The molecule has 30 heavy (non-hydrogen) atoms. The van der Waals surface area contributed by atoms with Crippen molar-refractivity contribution in [2.24, 2.45) is 23.2 Å². The van der Waals surface area contributed by atoms with Crippen LogP contribution in [0.4, 0.5) is 5.69 Å². The van der Waals surface area contributed by atoms with Gasteiger partial charge in [-0.1, -0.05) is 20.8 Å². The number of anilines is 1. The van der Waals surface area contributed by atoms with Crippen molar-refractivity contribution in [3.8, 4) is 0 Å². The molecule has 3 saturated carbocycles. The van der Waals surface area contributed by atoms with Crippen LogP contribution in [0, 0.1) is 30.1 Å². The number of carbonyl (C=O) groups excluding carboxylic acids is 1. The molecule has 0 saturated heterocycles. The normalized spacial score (nSPS) is 26.5. The van der Waals surface area contributed by atoms with Crippen LogP contribution in [0.3, 0.4) is 0 Å². The Hall–Kier alpha value is -2.70. The summed E-state index contributed by atoms with van der Waals surface area (Å²) in [5.74, 6) is 1.80. The molecule has 3 aliphatic rings. The van der Waals surface area contributed by atoms with E-state index in [-0.39, 0.29) is 18.0 Å². The molecule has 0 radical (unpaired) electrons. The molecule has 3 aliphatic carbocycles. The first-order valence-corrected chi connectivity index (χ1v) is 10.8. The van der Waals surface area contributed by atoms with Crippen molar-refractivity contribution < 1.29 is 4.79 Å². The lowest BCUT2D eigenvalue weighted by Crippen LogP contribution is -2.58. The van der Waals surface area contributed by atoms with Gasteiger partial charge in [-0.15, -0.1) is 0 Å². The number of nitrogens with one attached hydrogen (secondary N) is 2. The molecule has 7 heteroatoms. The summed E-state index contributed by atoms with van der Waals surface area (Å²) in [7, 11) is 0. The van der Waals surface area contributed by atoms with E-state index in [4.69, 9.17) is 0 Å². The van der Waals surface area contributed by atoms with Crippen molar-refractivity contribution in [2.45, 2.75) is 59.7 Å². The molecule has 0 spiro atoms. The van der Waals surface area contributed by atoms with Gasteiger partial charge in [0.05, 0.1) is 11.9 Å². The highest BCUT2D eigenvalue weighted by molar-refractivity contribution is 5.75. The summed E-state index contributed by atoms with van der Waals surface area (Å²) in [6.45, 7) is 9.32. The summed E-state index contributed by atoms with van der Waals surface area (Å²) >= 11 is 0. The summed E-state index contributed by atoms with van der Waals surface area (Å²) in [4.78, 5) is 28.8. The Kier molecular flexibility index (Phi) is 5.38. The fourth-order valence-corrected chi connectivity index (χ4v) is 5.27. The van der Waals surface area contributed by atoms with Crippen LogP contribution in [-0.4, -0.2) is 26.7 Å². The van der Waals surface area contributed by atoms with Crippen LogP contribution >= 0.6 is 0 Å². The Bertz CT molecular complexity index is 999. The molecule has 0 aliphatic heterocycles. The van der Waals surface area contributed by atoms with Crippen molar-refractivity contribution in [3.63, 3.8) is 0 Å². The number of aryl methyl sites for hydroxylation is 1. The van der Waals surface area contributed by atoms with Crippen LogP contribution in [0.1, 0.15) is 44.7 Å². The number of hydrogen-bond donors (Lipinski definition) is 2. The topological polar surface area (TPSA) is 88.9 Å². The Balaban J connectivity index is 1.34. The molecule has 2 aromatic rings. The number of pyridine rings is 1. The first kappa shape index (κ1) is 20.6. The predicted octanol–water partition coefficient (Wildman–Crippen LogP) is 2.75. The van der Waals surface area contributed by atoms with Gasteiger partial charge in [0.1, 0.15) is 6.54 Å². The molecule has 5 rings (SSSR count). The molecule has 2 heterocycles. The average Bonchev–Trinajstić information content (AvgIpc) is 2.70. The molecule has 2 N–H and O–H groups in total. The molecule has 2 aromatic heterocycles. The molecule has 0 unspecified atom stereocenters. The lowest BCUT2D eigenvalue weighted by Gasteiger charge is -2.62. The minimum Gasteiger partial charge on any atom is -0.381 e. The third-order valence-electron chi connectivity index (χ3n) is 7.48. The fourth-order valence-electron chi connectivity index (χ4n) is 5.27. The predicted molar refractivity (Wildman–Crippen MR) is 116 cm³/mol. The van der Waals surface area contributed by atoms with E-state index in [0.717, 1.165) is 35.1 Å². The lowest BCUT2D eigenvalue weighted by molar-refractivity contribution is -0.122. The van der Waals surface area contributed by atoms with Crippen molar-refractivity contribution in [1.29, 1.82) is 0 Å². The van der Waals surface area contributed by atoms with Gasteiger partial charge in [-0.2, -0.15) is 5.10 Å². The second kappa shape index (κ2) is 7.85. The number of fused-ring (bicyclic) bond motifs is 2. The second-order valence-electron chi connectivity index (χ2n) is 9.53. The van der Waals surface area contributed by atoms with Gasteiger partial charge in [0.15, 0.2) is 0 Å². The van der Waals surface area contributed by atoms with E-state index < -0.39 is 0 Å². The number of nitrogens with zero attached hydrogens (tertiary/aromatic N) is 3. The number of aromatic nitrogens is 3. The van der Waals surface area contributed by atoms with Gasteiger partial charge in [0.2, 0.25) is 5.91 Å². The van der Waals surface area contributed by atoms with Crippen molar-refractivity contribution in [1.82, 2.24) is 20.1 Å². The highest BCUT2D eigenvalue weighted by Crippen LogP contribution is 2.61. The van der Waals surface area contributed by atoms with Crippen LogP contribution in [-0.2, 0) is 17.9 Å². The third-order valence-corrected chi connectivity index (χ3v) is 7.48. The van der Waals surface area contributed by atoms with Gasteiger partial charge >= 0.3 is 0 Å². The zero-order valence-corrected chi connectivity index (χ0v) is 18.2. The summed E-state index contributed by atoms with van der Waals surface area (Å²) in [6, 6.07) is 3.79. The smallest absolute Gasteiger partial charge is 0.269 e. The summed E-state index contributed by atoms with van der Waals surface area (Å²) in [5.41, 5.74) is 2.91. The molecule has 0 aromatic carbocycles. The molecule has 160 valence electrons. The van der Waals surface area contributed by atoms with Crippen molar-refractivity contribution in [2.75, 3.05) is 5.32 Å². The highest BCUT2D eigenvalue weighted by Gasteiger charge is 2.56. The third kappa shape index (κ3) is 3.85. The van der Waals surface area contributed by atoms with Gasteiger partial charge in [0, 0.05) is 31.0 Å². The minimum absolute atomic E-state index is 0.0958. The molecule has 7 nitrogen and oxygen atoms in total. The summed E-state index contributed by atoms with van der Waals surface area (Å²) in [6.07, 6.45) is 7.56. The zero-order valence-electron chi connectivity index (χ0n) is 18.2. The molecule has 3 fully saturated rings. The van der Waals surface area contributed by atoms with Gasteiger partial charge in [0.25, 0.3) is 5.56 Å². The van der Waals surface area contributed by atoms with Gasteiger partial charge < -0.3 is 10.6 Å². The number of amides is 1. The SMILES string of the molecule is Cc1cnccc1CNC(=O)Cn1ncc(N[C@@H]2C[C@H]3C[C@@H]([C@H]2C)C3(C)C)cc1=O. The van der Waals surface area contributed by atoms with Gasteiger partial charge in [-0.3, -0.25) is 14.6 Å². The molecule has 2 bridgehead atoms. The van der Waals surface area contributed by atoms with E-state index in [0.29, 0.717) is 23.9 Å². The Morgan fingerprint density at radius 3 is 2.77 bits per heavy atom. The first-order chi connectivity index (χ1) is 14.3. The van der Waals surface area contributed by atoms with Gasteiger partial charge in [-0.05, 0) is 60.1 Å². The molecular formula is C23H31N5O2. The largest absolute Gasteiger partial charge is 0.381 e. The van der Waals surface area contributed by atoms with Gasteiger partial charge in [-0.25, -0.2) is 4.68 Å². The summed E-state index contributed by atoms with van der Waals surface area (Å²) < 4.78 is 1.20. The molecule has 4 atom stereocenters. The van der Waals surface area contributed by atoms with E-state index in [2.05, 4.69) is 41.5 Å². The van der Waals surface area contributed by atoms with Crippen LogP contribution < -0.4 is 16.2 Å². The lowest BCUT2D eigenvalue weighted by atomic mass is 9.45. The van der Waals surface area contributed by atoms with E-state index in [1.807, 2.05) is 13.0 Å². The maximum Gasteiger partial charge on any atom is 0.269 e. The minimum atomic E-state index is -0.274. The van der Waals surface area contributed by atoms with Crippen LogP contribution in [0.5, 0.6) is 0 Å². The van der Waals surface area contributed by atoms with E-state index in [1.54, 1.807) is 24.7 Å². The quantitative estimate of drug-likeness (QED) is 0.766. The standard InChI is InChI=1S/C23H31N5O2/c1-14-10-24-6-5-16(14)11-25-21(29)13-28-22(30)9-18(12-26-28)27-20-8-17-7-19(15(20)2)23(17,3)4/h5-6,9-10,12,15,17,19-20,27H,7-8,11,13H2,1-4H3,(H,25,29)/t15-,17-,19+,20-/m1/s1. The maximum atomic E-state index is 12.5. The Labute approximate surface area is 177 Å². The second-order valence-corrected chi connectivity index (χ2v) is 9.53.